The molecule has 1 amide bonds. The van der Waals surface area contributed by atoms with Crippen molar-refractivity contribution in [3.8, 4) is 0 Å². The molecule has 3 unspecified atom stereocenters. The Labute approximate surface area is 138 Å². The number of nitrogens with zero attached hydrogens (tertiary/aromatic N) is 2. The highest BCUT2D eigenvalue weighted by Crippen LogP contribution is 2.22. The number of ether oxygens (including phenoxy) is 1. The molecule has 3 rings (SSSR count). The average Bonchev–Trinajstić information content (AvgIpc) is 2.56. The third kappa shape index (κ3) is 5.12. The smallest absolute Gasteiger partial charge is 0.231 e. The van der Waals surface area contributed by atoms with E-state index in [4.69, 9.17) is 10.5 Å². The summed E-state index contributed by atoms with van der Waals surface area (Å²) in [6, 6.07) is 0. The van der Waals surface area contributed by atoms with Gasteiger partial charge in [0, 0.05) is 25.6 Å². The first-order chi connectivity index (χ1) is 11.2. The highest BCUT2D eigenvalue weighted by atomic mass is 16.5. The number of likely N-dealkylation sites (tertiary alicyclic amines) is 2. The maximum Gasteiger partial charge on any atom is 0.231 e. The Morgan fingerprint density at radius 2 is 1.91 bits per heavy atom. The number of hydrogen-bond acceptors (Lipinski definition) is 6. The molecule has 23 heavy (non-hydrogen) atoms. The molecule has 0 bridgehead atoms. The van der Waals surface area contributed by atoms with Gasteiger partial charge in [-0.1, -0.05) is 6.42 Å². The maximum absolute atomic E-state index is 11.1. The summed E-state index contributed by atoms with van der Waals surface area (Å²) in [7, 11) is 0. The summed E-state index contributed by atoms with van der Waals surface area (Å²) >= 11 is 0. The van der Waals surface area contributed by atoms with Crippen molar-refractivity contribution in [2.75, 3.05) is 45.8 Å². The number of hydrogen-bond donors (Lipinski definition) is 3. The number of nitrogens with two attached hydrogens (primary N) is 1. The first-order valence-corrected chi connectivity index (χ1v) is 9.07. The van der Waals surface area contributed by atoms with E-state index in [9.17, 15) is 4.79 Å². The summed E-state index contributed by atoms with van der Waals surface area (Å²) in [4.78, 5) is 15.8. The molecule has 3 fully saturated rings. The standard InChI is InChI=1S/C16H31N5O2/c17-15(22)12-21-8-4-5-13(10-21)16-19-18-9-14(23-16)11-20-6-2-1-3-7-20/h13-14,16,18-19H,1-12H2,(H2,17,22). The molecule has 0 saturated carbocycles. The monoisotopic (exact) mass is 325 g/mol. The Kier molecular flexibility index (Phi) is 6.24. The fourth-order valence-electron chi connectivity index (χ4n) is 4.03. The number of carbonyl (C=O) groups is 1. The first kappa shape index (κ1) is 17.1. The van der Waals surface area contributed by atoms with E-state index in [0.717, 1.165) is 39.0 Å². The molecule has 3 aliphatic heterocycles. The molecule has 0 aromatic rings. The minimum Gasteiger partial charge on any atom is -0.369 e. The lowest BCUT2D eigenvalue weighted by Crippen LogP contribution is -2.60. The molecule has 3 heterocycles. The predicted molar refractivity (Wildman–Crippen MR) is 88.4 cm³/mol. The third-order valence-electron chi connectivity index (χ3n) is 5.17. The normalized spacial score (nSPS) is 34.3. The Bertz CT molecular complexity index is 389. The second-order valence-electron chi connectivity index (χ2n) is 7.17. The Hall–Kier alpha value is -0.730. The van der Waals surface area contributed by atoms with Gasteiger partial charge in [0.2, 0.25) is 5.91 Å². The van der Waals surface area contributed by atoms with Gasteiger partial charge in [0.15, 0.2) is 0 Å². The van der Waals surface area contributed by atoms with Crippen LogP contribution in [0.4, 0.5) is 0 Å². The molecule has 0 spiro atoms. The zero-order chi connectivity index (χ0) is 16.1. The Morgan fingerprint density at radius 1 is 1.13 bits per heavy atom. The van der Waals surface area contributed by atoms with E-state index in [2.05, 4.69) is 20.7 Å². The van der Waals surface area contributed by atoms with E-state index >= 15 is 0 Å². The number of piperidine rings is 2. The fourth-order valence-corrected chi connectivity index (χ4v) is 4.03. The van der Waals surface area contributed by atoms with Crippen molar-refractivity contribution in [3.05, 3.63) is 0 Å². The molecule has 3 atom stereocenters. The summed E-state index contributed by atoms with van der Waals surface area (Å²) in [5.74, 6) is 0.157. The average molecular weight is 325 g/mol. The minimum atomic E-state index is -0.246. The number of carbonyl (C=O) groups excluding carboxylic acids is 1. The van der Waals surface area contributed by atoms with E-state index in [-0.39, 0.29) is 18.2 Å². The summed E-state index contributed by atoms with van der Waals surface area (Å²) in [5.41, 5.74) is 11.9. The Balaban J connectivity index is 1.48. The van der Waals surface area contributed by atoms with Crippen LogP contribution in [0, 0.1) is 5.92 Å². The van der Waals surface area contributed by atoms with Gasteiger partial charge in [-0.25, -0.2) is 5.43 Å². The van der Waals surface area contributed by atoms with Gasteiger partial charge >= 0.3 is 0 Å². The molecule has 0 aromatic carbocycles. The van der Waals surface area contributed by atoms with Gasteiger partial charge in [-0.2, -0.15) is 0 Å². The zero-order valence-electron chi connectivity index (χ0n) is 14.0. The van der Waals surface area contributed by atoms with Gasteiger partial charge in [-0.15, -0.1) is 0 Å². The maximum atomic E-state index is 11.1. The first-order valence-electron chi connectivity index (χ1n) is 9.07. The summed E-state index contributed by atoms with van der Waals surface area (Å²) < 4.78 is 6.32. The molecule has 7 heteroatoms. The van der Waals surface area contributed by atoms with Gasteiger partial charge in [0.05, 0.1) is 12.6 Å². The Morgan fingerprint density at radius 3 is 2.70 bits per heavy atom. The zero-order valence-corrected chi connectivity index (χ0v) is 14.0. The molecule has 3 aliphatic rings. The van der Waals surface area contributed by atoms with Crippen LogP contribution in [0.25, 0.3) is 0 Å². The molecule has 3 saturated heterocycles. The predicted octanol–water partition coefficient (Wildman–Crippen LogP) is -0.511. The molecular weight excluding hydrogens is 294 g/mol. The van der Waals surface area contributed by atoms with Crippen LogP contribution >= 0.6 is 0 Å². The largest absolute Gasteiger partial charge is 0.369 e. The highest BCUT2D eigenvalue weighted by molar-refractivity contribution is 5.75. The van der Waals surface area contributed by atoms with Crippen LogP contribution in [0.15, 0.2) is 0 Å². The van der Waals surface area contributed by atoms with Crippen LogP contribution in [0.5, 0.6) is 0 Å². The van der Waals surface area contributed by atoms with Crippen LogP contribution in [0.3, 0.4) is 0 Å². The van der Waals surface area contributed by atoms with E-state index in [1.807, 2.05) is 0 Å². The van der Waals surface area contributed by atoms with Crippen molar-refractivity contribution < 1.29 is 9.53 Å². The highest BCUT2D eigenvalue weighted by Gasteiger charge is 2.33. The number of amides is 1. The lowest BCUT2D eigenvalue weighted by molar-refractivity contribution is -0.126. The molecule has 4 N–H and O–H groups in total. The molecule has 0 aliphatic carbocycles. The lowest BCUT2D eigenvalue weighted by Gasteiger charge is -2.42. The van der Waals surface area contributed by atoms with E-state index in [1.54, 1.807) is 0 Å². The molecule has 0 radical (unpaired) electrons. The molecule has 7 nitrogen and oxygen atoms in total. The third-order valence-corrected chi connectivity index (χ3v) is 5.17. The molecular formula is C16H31N5O2. The van der Waals surface area contributed by atoms with Crippen LogP contribution in [-0.2, 0) is 9.53 Å². The van der Waals surface area contributed by atoms with E-state index < -0.39 is 0 Å². The minimum absolute atomic E-state index is 0.0224. The number of rotatable bonds is 5. The van der Waals surface area contributed by atoms with Crippen molar-refractivity contribution in [3.63, 3.8) is 0 Å². The van der Waals surface area contributed by atoms with Crippen molar-refractivity contribution in [1.82, 2.24) is 20.7 Å². The van der Waals surface area contributed by atoms with E-state index in [1.165, 1.54) is 32.4 Å². The van der Waals surface area contributed by atoms with Gasteiger partial charge < -0.3 is 15.4 Å². The van der Waals surface area contributed by atoms with Crippen molar-refractivity contribution in [1.29, 1.82) is 0 Å². The van der Waals surface area contributed by atoms with Gasteiger partial charge in [0.1, 0.15) is 6.23 Å². The lowest BCUT2D eigenvalue weighted by atomic mass is 9.96. The second-order valence-corrected chi connectivity index (χ2v) is 7.17. The van der Waals surface area contributed by atoms with Gasteiger partial charge in [-0.05, 0) is 45.3 Å². The van der Waals surface area contributed by atoms with Crippen LogP contribution in [-0.4, -0.2) is 73.9 Å². The fraction of sp³-hybridized carbons (Fsp3) is 0.938. The van der Waals surface area contributed by atoms with E-state index in [0.29, 0.717) is 12.5 Å². The number of hydrazine groups is 1. The van der Waals surface area contributed by atoms with Crippen molar-refractivity contribution >= 4 is 5.91 Å². The van der Waals surface area contributed by atoms with Crippen LogP contribution < -0.4 is 16.6 Å². The van der Waals surface area contributed by atoms with Gasteiger partial charge in [-0.3, -0.25) is 15.1 Å². The number of nitrogens with one attached hydrogen (secondary N) is 2. The molecule has 132 valence electrons. The quantitative estimate of drug-likeness (QED) is 0.631. The second kappa shape index (κ2) is 8.39. The summed E-state index contributed by atoms with van der Waals surface area (Å²) in [5, 5.41) is 0. The van der Waals surface area contributed by atoms with Crippen molar-refractivity contribution in [2.45, 2.75) is 44.4 Å². The van der Waals surface area contributed by atoms with Crippen LogP contribution in [0.1, 0.15) is 32.1 Å². The SMILES string of the molecule is NC(=O)CN1CCCC(C2NNCC(CN3CCCCC3)O2)C1. The van der Waals surface area contributed by atoms with Crippen LogP contribution in [0.2, 0.25) is 0 Å². The summed E-state index contributed by atoms with van der Waals surface area (Å²) in [6.07, 6.45) is 6.47. The van der Waals surface area contributed by atoms with Crippen molar-refractivity contribution in [2.24, 2.45) is 11.7 Å². The number of primary amides is 1. The van der Waals surface area contributed by atoms with Gasteiger partial charge in [0.25, 0.3) is 0 Å². The topological polar surface area (TPSA) is 82.9 Å². The summed E-state index contributed by atoms with van der Waals surface area (Å²) in [6.45, 7) is 6.46. The molecule has 0 aromatic heterocycles.